The molecule has 0 radical (unpaired) electrons. The molecule has 2 aliphatic rings. The van der Waals surface area contributed by atoms with Crippen molar-refractivity contribution in [3.8, 4) is 0 Å². The van der Waals surface area contributed by atoms with Crippen molar-refractivity contribution < 1.29 is 20.1 Å². The van der Waals surface area contributed by atoms with E-state index in [1.54, 1.807) is 0 Å². The van der Waals surface area contributed by atoms with Crippen LogP contribution in [0.3, 0.4) is 0 Å². The average Bonchev–Trinajstić information content (AvgIpc) is 3.05. The summed E-state index contributed by atoms with van der Waals surface area (Å²) in [4.78, 5) is 1.43. The molecule has 1 aromatic heterocycles. The summed E-state index contributed by atoms with van der Waals surface area (Å²) in [5.41, 5.74) is 0. The van der Waals surface area contributed by atoms with Crippen LogP contribution in [0.15, 0.2) is 17.5 Å². The lowest BCUT2D eigenvalue weighted by Gasteiger charge is -2.42. The molecule has 3 rings (SSSR count). The third-order valence-electron chi connectivity index (χ3n) is 5.65. The molecule has 1 saturated carbocycles. The Hall–Kier alpha value is -0.460. The second kappa shape index (κ2) is 8.77. The fourth-order valence-corrected chi connectivity index (χ4v) is 5.19. The maximum Gasteiger partial charge on any atom is 0.106 e. The van der Waals surface area contributed by atoms with Crippen molar-refractivity contribution in [3.63, 3.8) is 0 Å². The Labute approximate surface area is 148 Å². The molecule has 0 aromatic carbocycles. The van der Waals surface area contributed by atoms with Gasteiger partial charge in [0.2, 0.25) is 0 Å². The largest absolute Gasteiger partial charge is 0.394 e. The summed E-state index contributed by atoms with van der Waals surface area (Å²) in [7, 11) is 0. The summed E-state index contributed by atoms with van der Waals surface area (Å²) in [6.45, 7) is -0.0916. The zero-order valence-corrected chi connectivity index (χ0v) is 15.0. The van der Waals surface area contributed by atoms with Crippen LogP contribution in [0.1, 0.15) is 49.8 Å². The van der Waals surface area contributed by atoms with Crippen LogP contribution in [-0.4, -0.2) is 46.3 Å². The van der Waals surface area contributed by atoms with Crippen molar-refractivity contribution in [2.75, 3.05) is 6.61 Å². The summed E-state index contributed by atoms with van der Waals surface area (Å²) in [6, 6.07) is 4.31. The van der Waals surface area contributed by atoms with Gasteiger partial charge in [-0.05, 0) is 42.5 Å². The maximum atomic E-state index is 10.5. The van der Waals surface area contributed by atoms with E-state index in [9.17, 15) is 15.3 Å². The Balaban J connectivity index is 1.68. The minimum Gasteiger partial charge on any atom is -0.394 e. The lowest BCUT2D eigenvalue weighted by molar-refractivity contribution is -0.196. The van der Waals surface area contributed by atoms with Crippen LogP contribution in [-0.2, 0) is 11.2 Å². The second-order valence-electron chi connectivity index (χ2n) is 7.48. The minimum atomic E-state index is -0.834. The zero-order valence-electron chi connectivity index (χ0n) is 14.2. The smallest absolute Gasteiger partial charge is 0.106 e. The lowest BCUT2D eigenvalue weighted by Crippen LogP contribution is -2.52. The van der Waals surface area contributed by atoms with Crippen molar-refractivity contribution in [2.45, 2.75) is 75.8 Å². The molecule has 2 fully saturated rings. The van der Waals surface area contributed by atoms with E-state index in [4.69, 9.17) is 4.74 Å². The highest BCUT2D eigenvalue weighted by atomic mass is 32.1. The van der Waals surface area contributed by atoms with Gasteiger partial charge in [-0.25, -0.2) is 0 Å². The number of thiophene rings is 1. The molecule has 24 heavy (non-hydrogen) atoms. The highest BCUT2D eigenvalue weighted by Gasteiger charge is 2.41. The first kappa shape index (κ1) is 18.3. The Morgan fingerprint density at radius 2 is 1.96 bits per heavy atom. The quantitative estimate of drug-likeness (QED) is 0.778. The van der Waals surface area contributed by atoms with Crippen molar-refractivity contribution in [1.29, 1.82) is 0 Å². The van der Waals surface area contributed by atoms with Gasteiger partial charge < -0.3 is 20.1 Å². The van der Waals surface area contributed by atoms with Gasteiger partial charge in [0.1, 0.15) is 6.10 Å². The van der Waals surface area contributed by atoms with Gasteiger partial charge in [-0.15, -0.1) is 11.3 Å². The molecule has 5 heteroatoms. The van der Waals surface area contributed by atoms with Crippen LogP contribution < -0.4 is 0 Å². The summed E-state index contributed by atoms with van der Waals surface area (Å²) in [5, 5.41) is 32.1. The highest BCUT2D eigenvalue weighted by Crippen LogP contribution is 2.36. The molecule has 1 saturated heterocycles. The summed E-state index contributed by atoms with van der Waals surface area (Å²) < 4.78 is 5.98. The third-order valence-corrected chi connectivity index (χ3v) is 6.55. The molecular weight excluding hydrogens is 324 g/mol. The van der Waals surface area contributed by atoms with E-state index in [2.05, 4.69) is 17.5 Å². The monoisotopic (exact) mass is 354 g/mol. The van der Waals surface area contributed by atoms with Crippen molar-refractivity contribution in [2.24, 2.45) is 11.8 Å². The third kappa shape index (κ3) is 4.58. The SMILES string of the molecule is OC[C@@H]1C[C@H](O)[C@@H](O)C(C2CCCCCC(Cc3cccs3)C2)O1. The Morgan fingerprint density at radius 3 is 2.71 bits per heavy atom. The van der Waals surface area contributed by atoms with Gasteiger partial charge in [-0.1, -0.05) is 31.7 Å². The Morgan fingerprint density at radius 1 is 1.12 bits per heavy atom. The predicted molar refractivity (Wildman–Crippen MR) is 95.1 cm³/mol. The van der Waals surface area contributed by atoms with Crippen LogP contribution in [0.2, 0.25) is 0 Å². The molecule has 136 valence electrons. The fourth-order valence-electron chi connectivity index (χ4n) is 4.37. The number of rotatable bonds is 4. The van der Waals surface area contributed by atoms with E-state index >= 15 is 0 Å². The predicted octanol–water partition coefficient (Wildman–Crippen LogP) is 2.75. The first-order chi connectivity index (χ1) is 11.7. The van der Waals surface area contributed by atoms with Crippen LogP contribution in [0, 0.1) is 11.8 Å². The molecule has 3 N–H and O–H groups in total. The summed E-state index contributed by atoms with van der Waals surface area (Å²) in [5.74, 6) is 0.866. The molecule has 4 nitrogen and oxygen atoms in total. The lowest BCUT2D eigenvalue weighted by atomic mass is 9.77. The number of aliphatic hydroxyl groups is 3. The minimum absolute atomic E-state index is 0.0916. The van der Waals surface area contributed by atoms with Crippen molar-refractivity contribution >= 4 is 11.3 Å². The average molecular weight is 355 g/mol. The molecule has 0 amide bonds. The standard InChI is InChI=1S/C19H30O4S/c20-12-15-11-17(21)18(22)19(23-15)14-6-3-1-2-5-13(9-14)10-16-7-4-8-24-16/h4,7-8,13-15,17-22H,1-3,5-6,9-12H2/t13?,14?,15-,17-,18+,19?/m0/s1. The summed E-state index contributed by atoms with van der Waals surface area (Å²) in [6.07, 6.45) is 6.04. The van der Waals surface area contributed by atoms with Crippen LogP contribution in [0.5, 0.6) is 0 Å². The van der Waals surface area contributed by atoms with Crippen LogP contribution >= 0.6 is 11.3 Å². The molecule has 3 unspecified atom stereocenters. The van der Waals surface area contributed by atoms with Crippen molar-refractivity contribution in [3.05, 3.63) is 22.4 Å². The molecule has 6 atom stereocenters. The molecule has 1 aliphatic heterocycles. The Kier molecular flexibility index (Phi) is 6.70. The van der Waals surface area contributed by atoms with Crippen LogP contribution in [0.25, 0.3) is 0 Å². The summed E-state index contributed by atoms with van der Waals surface area (Å²) >= 11 is 1.82. The van der Waals surface area contributed by atoms with E-state index in [0.29, 0.717) is 12.3 Å². The molecule has 1 aliphatic carbocycles. The first-order valence-corrected chi connectivity index (χ1v) is 10.2. The number of hydrogen-bond donors (Lipinski definition) is 3. The van der Waals surface area contributed by atoms with Crippen molar-refractivity contribution in [1.82, 2.24) is 0 Å². The highest BCUT2D eigenvalue weighted by molar-refractivity contribution is 7.09. The fraction of sp³-hybridized carbons (Fsp3) is 0.789. The van der Waals surface area contributed by atoms with Crippen LogP contribution in [0.4, 0.5) is 0 Å². The normalized spacial score (nSPS) is 38.5. The topological polar surface area (TPSA) is 69.9 Å². The van der Waals surface area contributed by atoms with E-state index < -0.39 is 12.2 Å². The molecule has 0 spiro atoms. The van der Waals surface area contributed by atoms with Gasteiger partial charge in [0.05, 0.1) is 24.9 Å². The van der Waals surface area contributed by atoms with E-state index in [1.807, 2.05) is 11.3 Å². The molecular formula is C19H30O4S. The van der Waals surface area contributed by atoms with E-state index in [0.717, 1.165) is 25.7 Å². The number of ether oxygens (including phenoxy) is 1. The first-order valence-electron chi connectivity index (χ1n) is 9.32. The molecule has 1 aromatic rings. The second-order valence-corrected chi connectivity index (χ2v) is 8.51. The van der Waals surface area contributed by atoms with Gasteiger partial charge in [0.15, 0.2) is 0 Å². The maximum absolute atomic E-state index is 10.5. The van der Waals surface area contributed by atoms with E-state index in [-0.39, 0.29) is 24.7 Å². The van der Waals surface area contributed by atoms with Gasteiger partial charge in [-0.3, -0.25) is 0 Å². The molecule has 2 heterocycles. The van der Waals surface area contributed by atoms with Gasteiger partial charge in [0, 0.05) is 11.3 Å². The zero-order chi connectivity index (χ0) is 16.9. The van der Waals surface area contributed by atoms with Gasteiger partial charge in [-0.2, -0.15) is 0 Å². The number of hydrogen-bond acceptors (Lipinski definition) is 5. The van der Waals surface area contributed by atoms with Gasteiger partial charge >= 0.3 is 0 Å². The number of aliphatic hydroxyl groups excluding tert-OH is 3. The van der Waals surface area contributed by atoms with Gasteiger partial charge in [0.25, 0.3) is 0 Å². The van der Waals surface area contributed by atoms with E-state index in [1.165, 1.54) is 24.1 Å². The molecule has 0 bridgehead atoms. The Bertz CT molecular complexity index is 478.